The fraction of sp³-hybridized carbons (Fsp3) is 0.250. The summed E-state index contributed by atoms with van der Waals surface area (Å²) in [7, 11) is 1.58. The number of hydrogen-bond donors (Lipinski definition) is 1. The van der Waals surface area contributed by atoms with Crippen LogP contribution in [0.5, 0.6) is 11.5 Å². The summed E-state index contributed by atoms with van der Waals surface area (Å²) in [4.78, 5) is 16.7. The summed E-state index contributed by atoms with van der Waals surface area (Å²) in [5.74, 6) is 1.81. The maximum Gasteiger partial charge on any atom is 0.261 e. The van der Waals surface area contributed by atoms with E-state index < -0.39 is 6.10 Å². The van der Waals surface area contributed by atoms with Gasteiger partial charge < -0.3 is 19.3 Å². The molecule has 0 aliphatic rings. The molecular weight excluding hydrogens is 346 g/mol. The Kier molecular flexibility index (Phi) is 6.04. The van der Waals surface area contributed by atoms with Gasteiger partial charge in [-0.15, -0.1) is 0 Å². The summed E-state index contributed by atoms with van der Waals surface area (Å²) in [5, 5.41) is 6.71. The maximum absolute atomic E-state index is 12.4. The smallest absolute Gasteiger partial charge is 0.261 e. The Balaban J connectivity index is 1.58. The first-order chi connectivity index (χ1) is 13.2. The van der Waals surface area contributed by atoms with Crippen molar-refractivity contribution in [1.82, 2.24) is 15.5 Å². The highest BCUT2D eigenvalue weighted by atomic mass is 16.5. The number of benzene rings is 2. The van der Waals surface area contributed by atoms with Crippen LogP contribution in [0.2, 0.25) is 0 Å². The number of ether oxygens (including phenoxy) is 2. The number of amides is 1. The Morgan fingerprint density at radius 3 is 2.67 bits per heavy atom. The quantitative estimate of drug-likeness (QED) is 0.658. The molecule has 140 valence electrons. The third-order valence-electron chi connectivity index (χ3n) is 3.90. The van der Waals surface area contributed by atoms with Gasteiger partial charge in [0.15, 0.2) is 6.10 Å². The molecule has 1 amide bonds. The molecule has 3 aromatic rings. The topological polar surface area (TPSA) is 86.5 Å². The Hall–Kier alpha value is -3.35. The molecular formula is C20H21N3O4. The van der Waals surface area contributed by atoms with Crippen LogP contribution >= 0.6 is 0 Å². The predicted molar refractivity (Wildman–Crippen MR) is 99.3 cm³/mol. The van der Waals surface area contributed by atoms with Crippen LogP contribution in [-0.2, 0) is 11.3 Å². The van der Waals surface area contributed by atoms with Crippen LogP contribution in [0, 0.1) is 0 Å². The van der Waals surface area contributed by atoms with Gasteiger partial charge in [-0.1, -0.05) is 48.5 Å². The second-order valence-corrected chi connectivity index (χ2v) is 5.79. The molecule has 3 rings (SSSR count). The lowest BCUT2D eigenvalue weighted by Gasteiger charge is -2.17. The summed E-state index contributed by atoms with van der Waals surface area (Å²) in [6, 6.07) is 16.6. The summed E-state index contributed by atoms with van der Waals surface area (Å²) in [6.45, 7) is 2.02. The van der Waals surface area contributed by atoms with Gasteiger partial charge in [-0.05, 0) is 18.6 Å². The van der Waals surface area contributed by atoms with E-state index in [1.807, 2.05) is 49.4 Å². The van der Waals surface area contributed by atoms with Crippen LogP contribution in [0.25, 0.3) is 11.4 Å². The standard InChI is InChI=1S/C20H21N3O4/c1-3-17(26-16-11-7-10-15(12-16)25-2)20(24)21-13-18-22-19(23-27-18)14-8-5-4-6-9-14/h4-12,17H,3,13H2,1-2H3,(H,21,24)/t17-/m1/s1. The minimum absolute atomic E-state index is 0.136. The van der Waals surface area contributed by atoms with Crippen molar-refractivity contribution in [3.63, 3.8) is 0 Å². The van der Waals surface area contributed by atoms with Crippen LogP contribution in [0.3, 0.4) is 0 Å². The number of carbonyl (C=O) groups is 1. The molecule has 7 heteroatoms. The fourth-order valence-electron chi connectivity index (χ4n) is 2.47. The highest BCUT2D eigenvalue weighted by Crippen LogP contribution is 2.21. The third kappa shape index (κ3) is 4.84. The summed E-state index contributed by atoms with van der Waals surface area (Å²) in [5.41, 5.74) is 0.853. The van der Waals surface area contributed by atoms with E-state index in [9.17, 15) is 4.79 Å². The zero-order chi connectivity index (χ0) is 19.1. The number of rotatable bonds is 8. The first-order valence-electron chi connectivity index (χ1n) is 8.66. The van der Waals surface area contributed by atoms with Crippen molar-refractivity contribution in [2.75, 3.05) is 7.11 Å². The van der Waals surface area contributed by atoms with Gasteiger partial charge >= 0.3 is 0 Å². The molecule has 2 aromatic carbocycles. The maximum atomic E-state index is 12.4. The van der Waals surface area contributed by atoms with Crippen molar-refractivity contribution < 1.29 is 18.8 Å². The second-order valence-electron chi connectivity index (χ2n) is 5.79. The van der Waals surface area contributed by atoms with Crippen LogP contribution in [-0.4, -0.2) is 29.3 Å². The number of nitrogens with one attached hydrogen (secondary N) is 1. The molecule has 0 spiro atoms. The van der Waals surface area contributed by atoms with Crippen LogP contribution in [0.15, 0.2) is 59.1 Å². The summed E-state index contributed by atoms with van der Waals surface area (Å²) < 4.78 is 16.1. The van der Waals surface area contributed by atoms with E-state index >= 15 is 0 Å². The average Bonchev–Trinajstić information content (AvgIpc) is 3.20. The first kappa shape index (κ1) is 18.4. The number of hydrogen-bond acceptors (Lipinski definition) is 6. The second kappa shape index (κ2) is 8.84. The Morgan fingerprint density at radius 2 is 1.93 bits per heavy atom. The van der Waals surface area contributed by atoms with E-state index in [1.165, 1.54) is 0 Å². The minimum atomic E-state index is -0.631. The van der Waals surface area contributed by atoms with Gasteiger partial charge in [0.05, 0.1) is 13.7 Å². The first-order valence-corrected chi connectivity index (χ1v) is 8.66. The normalized spacial score (nSPS) is 11.6. The molecule has 27 heavy (non-hydrogen) atoms. The zero-order valence-electron chi connectivity index (χ0n) is 15.2. The van der Waals surface area contributed by atoms with E-state index in [0.29, 0.717) is 29.6 Å². The molecule has 0 saturated carbocycles. The van der Waals surface area contributed by atoms with Crippen molar-refractivity contribution in [1.29, 1.82) is 0 Å². The summed E-state index contributed by atoms with van der Waals surface area (Å²) in [6.07, 6.45) is -0.115. The van der Waals surface area contributed by atoms with Crippen molar-refractivity contribution >= 4 is 5.91 Å². The predicted octanol–water partition coefficient (Wildman–Crippen LogP) is 3.22. The highest BCUT2D eigenvalue weighted by molar-refractivity contribution is 5.81. The Morgan fingerprint density at radius 1 is 1.15 bits per heavy atom. The number of methoxy groups -OCH3 is 1. The van der Waals surface area contributed by atoms with Crippen molar-refractivity contribution in [2.24, 2.45) is 0 Å². The molecule has 0 unspecified atom stereocenters. The zero-order valence-corrected chi connectivity index (χ0v) is 15.2. The van der Waals surface area contributed by atoms with E-state index in [-0.39, 0.29) is 12.5 Å². The molecule has 0 aliphatic heterocycles. The number of carbonyl (C=O) groups excluding carboxylic acids is 1. The molecule has 1 atom stereocenters. The molecule has 0 bridgehead atoms. The van der Waals surface area contributed by atoms with Gasteiger partial charge in [0, 0.05) is 11.6 Å². The summed E-state index contributed by atoms with van der Waals surface area (Å²) >= 11 is 0. The lowest BCUT2D eigenvalue weighted by atomic mass is 10.2. The van der Waals surface area contributed by atoms with Crippen molar-refractivity contribution in [2.45, 2.75) is 26.0 Å². The van der Waals surface area contributed by atoms with Gasteiger partial charge in [-0.25, -0.2) is 0 Å². The molecule has 7 nitrogen and oxygen atoms in total. The molecule has 0 saturated heterocycles. The van der Waals surface area contributed by atoms with Gasteiger partial charge in [-0.3, -0.25) is 4.79 Å². The Bertz CT molecular complexity index is 880. The van der Waals surface area contributed by atoms with E-state index in [2.05, 4.69) is 15.5 Å². The van der Waals surface area contributed by atoms with Gasteiger partial charge in [-0.2, -0.15) is 4.98 Å². The Labute approximate surface area is 157 Å². The molecule has 0 aliphatic carbocycles. The number of aromatic nitrogens is 2. The average molecular weight is 367 g/mol. The SMILES string of the molecule is CC[C@@H](Oc1cccc(OC)c1)C(=O)NCc1nc(-c2ccccc2)no1. The molecule has 1 N–H and O–H groups in total. The number of nitrogens with zero attached hydrogens (tertiary/aromatic N) is 2. The largest absolute Gasteiger partial charge is 0.497 e. The molecule has 0 radical (unpaired) electrons. The van der Waals surface area contributed by atoms with Crippen LogP contribution in [0.1, 0.15) is 19.2 Å². The third-order valence-corrected chi connectivity index (χ3v) is 3.90. The molecule has 1 aromatic heterocycles. The molecule has 1 heterocycles. The van der Waals surface area contributed by atoms with E-state index in [4.69, 9.17) is 14.0 Å². The highest BCUT2D eigenvalue weighted by Gasteiger charge is 2.19. The fourth-order valence-corrected chi connectivity index (χ4v) is 2.47. The lowest BCUT2D eigenvalue weighted by molar-refractivity contribution is -0.128. The lowest BCUT2D eigenvalue weighted by Crippen LogP contribution is -2.37. The monoisotopic (exact) mass is 367 g/mol. The van der Waals surface area contributed by atoms with Crippen LogP contribution < -0.4 is 14.8 Å². The van der Waals surface area contributed by atoms with Crippen LogP contribution in [0.4, 0.5) is 0 Å². The van der Waals surface area contributed by atoms with E-state index in [0.717, 1.165) is 5.56 Å². The van der Waals surface area contributed by atoms with E-state index in [1.54, 1.807) is 19.2 Å². The molecule has 0 fully saturated rings. The van der Waals surface area contributed by atoms with Gasteiger partial charge in [0.25, 0.3) is 5.91 Å². The van der Waals surface area contributed by atoms with Crippen molar-refractivity contribution in [3.05, 3.63) is 60.5 Å². The van der Waals surface area contributed by atoms with Crippen molar-refractivity contribution in [3.8, 4) is 22.9 Å². The minimum Gasteiger partial charge on any atom is -0.497 e. The van der Waals surface area contributed by atoms with Gasteiger partial charge in [0.2, 0.25) is 11.7 Å². The van der Waals surface area contributed by atoms with Gasteiger partial charge in [0.1, 0.15) is 11.5 Å².